The number of rotatable bonds is 4. The maximum Gasteiger partial charge on any atom is -1.00 e. The third-order valence-corrected chi connectivity index (χ3v) is 8.87. The molecule has 22 heavy (non-hydrogen) atoms. The number of benzene rings is 1. The van der Waals surface area contributed by atoms with E-state index in [9.17, 15) is 0 Å². The van der Waals surface area contributed by atoms with Gasteiger partial charge in [0.05, 0.1) is 0 Å². The van der Waals surface area contributed by atoms with Crippen molar-refractivity contribution in [2.45, 2.75) is 45.6 Å². The molecule has 120 valence electrons. The summed E-state index contributed by atoms with van der Waals surface area (Å²) in [6, 6.07) is 11.1. The van der Waals surface area contributed by atoms with Crippen LogP contribution in [0, 0.1) is 0 Å². The van der Waals surface area contributed by atoms with E-state index in [0.717, 1.165) is 0 Å². The monoisotopic (exact) mass is 408 g/mol. The van der Waals surface area contributed by atoms with E-state index in [4.69, 9.17) is 0 Å². The van der Waals surface area contributed by atoms with E-state index in [1.807, 2.05) is 0 Å². The molecule has 5 heteroatoms. The Morgan fingerprint density at radius 3 is 2.05 bits per heavy atom. The summed E-state index contributed by atoms with van der Waals surface area (Å²) < 4.78 is 1.63. The minimum atomic E-state index is -0.326. The van der Waals surface area contributed by atoms with Gasteiger partial charge in [-0.15, -0.1) is 0 Å². The Bertz CT molecular complexity index is 540. The molecule has 0 N–H and O–H groups in total. The van der Waals surface area contributed by atoms with Crippen LogP contribution in [-0.4, -0.2) is 9.52 Å². The second kappa shape index (κ2) is 10.4. The SMILES string of the molecule is CCCC1=C(C)C(C)=[C]([Ti+3])C1(C)[SiH2]c1ccccc1.[Cl-].[Cl-].[Cl-]. The summed E-state index contributed by atoms with van der Waals surface area (Å²) in [5.74, 6) is 0. The normalized spacial score (nSPS) is 20.8. The molecule has 1 aromatic carbocycles. The zero-order valence-corrected chi connectivity index (χ0v) is 18.9. The van der Waals surface area contributed by atoms with Crippen LogP contribution in [-0.2, 0) is 20.4 Å². The number of hydrogen-bond donors (Lipinski definition) is 0. The van der Waals surface area contributed by atoms with Crippen LogP contribution in [0.1, 0.15) is 40.5 Å². The van der Waals surface area contributed by atoms with Crippen LogP contribution >= 0.6 is 0 Å². The van der Waals surface area contributed by atoms with Gasteiger partial charge in [0, 0.05) is 0 Å². The Morgan fingerprint density at radius 1 is 1.00 bits per heavy atom. The average molecular weight is 410 g/mol. The van der Waals surface area contributed by atoms with E-state index < -0.39 is 0 Å². The van der Waals surface area contributed by atoms with Crippen molar-refractivity contribution in [3.05, 3.63) is 50.9 Å². The predicted molar refractivity (Wildman–Crippen MR) is 83.3 cm³/mol. The molecule has 1 aliphatic rings. The fourth-order valence-corrected chi connectivity index (χ4v) is 6.67. The van der Waals surface area contributed by atoms with Crippen molar-refractivity contribution in [1.29, 1.82) is 0 Å². The van der Waals surface area contributed by atoms with E-state index in [1.54, 1.807) is 25.8 Å². The standard InChI is InChI=1S/C17H23Si.3ClH.Ti/c1-5-9-16-14(3)13(2)12-17(16,4)18-15-10-7-6-8-11-15;;;;/h6-8,10-11H,5,9,18H2,1-4H3;3*1H;/q;;;;+3/p-3. The van der Waals surface area contributed by atoms with E-state index >= 15 is 0 Å². The van der Waals surface area contributed by atoms with Gasteiger partial charge < -0.3 is 37.2 Å². The van der Waals surface area contributed by atoms with Gasteiger partial charge in [-0.05, 0) is 0 Å². The van der Waals surface area contributed by atoms with Crippen LogP contribution in [0.2, 0.25) is 5.04 Å². The maximum absolute atomic E-state index is 2.49. The van der Waals surface area contributed by atoms with Crippen molar-refractivity contribution in [3.63, 3.8) is 0 Å². The average Bonchev–Trinajstić information content (AvgIpc) is 2.56. The van der Waals surface area contributed by atoms with Gasteiger partial charge in [-0.25, -0.2) is 0 Å². The molecule has 2 rings (SSSR count). The molecule has 1 atom stereocenters. The van der Waals surface area contributed by atoms with Crippen molar-refractivity contribution in [2.24, 2.45) is 0 Å². The van der Waals surface area contributed by atoms with Crippen LogP contribution in [0.3, 0.4) is 0 Å². The number of allylic oxidation sites excluding steroid dienone is 4. The molecule has 0 saturated heterocycles. The summed E-state index contributed by atoms with van der Waals surface area (Å²) in [5, 5.41) is 1.95. The Hall–Kier alpha value is 0.501. The third kappa shape index (κ3) is 4.75. The topological polar surface area (TPSA) is 0 Å². The smallest absolute Gasteiger partial charge is 1.00 e. The van der Waals surface area contributed by atoms with Gasteiger partial charge in [0.1, 0.15) is 0 Å². The van der Waals surface area contributed by atoms with Crippen LogP contribution in [0.25, 0.3) is 0 Å². The minimum Gasteiger partial charge on any atom is -1.00 e. The Balaban J connectivity index is 0. The largest absolute Gasteiger partial charge is 1.00 e. The Kier molecular flexibility index (Phi) is 11.7. The summed E-state index contributed by atoms with van der Waals surface area (Å²) in [6.07, 6.45) is 2.52. The van der Waals surface area contributed by atoms with Crippen molar-refractivity contribution < 1.29 is 57.7 Å². The molecule has 0 amide bonds. The van der Waals surface area contributed by atoms with Gasteiger partial charge in [0.25, 0.3) is 0 Å². The molecule has 1 aromatic rings. The zero-order chi connectivity index (χ0) is 14.0. The van der Waals surface area contributed by atoms with Gasteiger partial charge in [0.15, 0.2) is 0 Å². The molecule has 0 fully saturated rings. The van der Waals surface area contributed by atoms with Crippen molar-refractivity contribution in [1.82, 2.24) is 0 Å². The fraction of sp³-hybridized carbons (Fsp3) is 0.412. The number of halogens is 3. The third-order valence-electron chi connectivity index (χ3n) is 4.51. The summed E-state index contributed by atoms with van der Waals surface area (Å²) in [7, 11) is -0.326. The maximum atomic E-state index is 2.49. The van der Waals surface area contributed by atoms with Crippen LogP contribution in [0.15, 0.2) is 50.9 Å². The summed E-state index contributed by atoms with van der Waals surface area (Å²) >= 11 is 2.36. The molecule has 1 unspecified atom stereocenters. The van der Waals surface area contributed by atoms with E-state index in [-0.39, 0.29) is 46.7 Å². The van der Waals surface area contributed by atoms with Gasteiger partial charge in [-0.1, -0.05) is 0 Å². The van der Waals surface area contributed by atoms with Gasteiger partial charge in [0.2, 0.25) is 0 Å². The summed E-state index contributed by atoms with van der Waals surface area (Å²) in [6.45, 7) is 9.43. The van der Waals surface area contributed by atoms with E-state index in [2.05, 4.69) is 78.5 Å². The molecule has 1 aliphatic carbocycles. The van der Waals surface area contributed by atoms with E-state index in [1.165, 1.54) is 12.8 Å². The molecule has 0 aromatic heterocycles. The van der Waals surface area contributed by atoms with Crippen molar-refractivity contribution in [2.75, 3.05) is 0 Å². The van der Waals surface area contributed by atoms with Crippen molar-refractivity contribution >= 4 is 14.7 Å². The quantitative estimate of drug-likeness (QED) is 0.436. The summed E-state index contributed by atoms with van der Waals surface area (Å²) in [5.41, 5.74) is 4.85. The molecule has 0 saturated carbocycles. The van der Waals surface area contributed by atoms with Crippen LogP contribution < -0.4 is 42.4 Å². The first kappa shape index (κ1) is 24.7. The molecule has 0 spiro atoms. The minimum absolute atomic E-state index is 0. The first-order chi connectivity index (χ1) is 9.00. The van der Waals surface area contributed by atoms with Crippen molar-refractivity contribution in [3.8, 4) is 0 Å². The second-order valence-electron chi connectivity index (χ2n) is 5.85. The Morgan fingerprint density at radius 2 is 1.55 bits per heavy atom. The predicted octanol–water partition coefficient (Wildman–Crippen LogP) is -5.38. The number of hydrogen-bond acceptors (Lipinski definition) is 0. The van der Waals surface area contributed by atoms with E-state index in [0.29, 0.717) is 5.04 Å². The molecule has 0 radical (unpaired) electrons. The first-order valence-corrected chi connectivity index (χ1v) is 9.37. The molecule has 0 heterocycles. The Labute approximate surface area is 168 Å². The van der Waals surface area contributed by atoms with Gasteiger partial charge >= 0.3 is 132 Å². The second-order valence-corrected chi connectivity index (χ2v) is 9.21. The molecular weight excluding hydrogens is 386 g/mol. The molecule has 0 aliphatic heterocycles. The zero-order valence-electron chi connectivity index (χ0n) is 13.6. The van der Waals surface area contributed by atoms with Crippen LogP contribution in [0.4, 0.5) is 0 Å². The molecule has 0 nitrogen and oxygen atoms in total. The van der Waals surface area contributed by atoms with Gasteiger partial charge in [-0.3, -0.25) is 0 Å². The van der Waals surface area contributed by atoms with Crippen LogP contribution in [0.5, 0.6) is 0 Å². The van der Waals surface area contributed by atoms with Gasteiger partial charge in [-0.2, -0.15) is 0 Å². The first-order valence-electron chi connectivity index (χ1n) is 7.18. The molecule has 0 bridgehead atoms. The summed E-state index contributed by atoms with van der Waals surface area (Å²) in [4.78, 5) is 0. The fourth-order valence-electron chi connectivity index (χ4n) is 3.30. The molecular formula is C17H23Cl3SiTi.